The van der Waals surface area contributed by atoms with E-state index in [1.165, 1.54) is 0 Å². The predicted octanol–water partition coefficient (Wildman–Crippen LogP) is 5.18. The lowest BCUT2D eigenvalue weighted by molar-refractivity contribution is -0.136. The van der Waals surface area contributed by atoms with Crippen LogP contribution in [0.3, 0.4) is 0 Å². The van der Waals surface area contributed by atoms with Crippen molar-refractivity contribution in [1.29, 1.82) is 0 Å². The predicted molar refractivity (Wildman–Crippen MR) is 128 cm³/mol. The summed E-state index contributed by atoms with van der Waals surface area (Å²) >= 11 is 1.65. The molecule has 5 nitrogen and oxygen atoms in total. The van der Waals surface area contributed by atoms with Crippen LogP contribution in [-0.4, -0.2) is 48.3 Å². The van der Waals surface area contributed by atoms with Crippen LogP contribution in [0.2, 0.25) is 0 Å². The summed E-state index contributed by atoms with van der Waals surface area (Å²) in [6.45, 7) is 7.45. The lowest BCUT2D eigenvalue weighted by Gasteiger charge is -2.21. The van der Waals surface area contributed by atoms with Gasteiger partial charge in [0.15, 0.2) is 0 Å². The molecule has 0 saturated heterocycles. The number of methoxy groups -OCH3 is 1. The van der Waals surface area contributed by atoms with Crippen LogP contribution in [0.5, 0.6) is 5.75 Å². The average Bonchev–Trinajstić information content (AvgIpc) is 3.59. The summed E-state index contributed by atoms with van der Waals surface area (Å²) < 4.78 is 5.46. The van der Waals surface area contributed by atoms with Crippen LogP contribution in [-0.2, 0) is 16.0 Å². The monoisotopic (exact) mass is 443 g/mol. The average molecular weight is 444 g/mol. The minimum Gasteiger partial charge on any atom is -0.496 e. The molecule has 0 spiro atoms. The first kappa shape index (κ1) is 24.8. The van der Waals surface area contributed by atoms with Crippen LogP contribution >= 0.6 is 11.8 Å². The molecule has 0 heterocycles. The number of likely N-dealkylation sites (N-methyl/N-ethyl adjacent to an activating group) is 1. The van der Waals surface area contributed by atoms with Crippen LogP contribution in [0.1, 0.15) is 44.7 Å². The molecule has 1 aliphatic rings. The highest BCUT2D eigenvalue weighted by Crippen LogP contribution is 2.31. The summed E-state index contributed by atoms with van der Waals surface area (Å²) in [7, 11) is 1.61. The maximum Gasteiger partial charge on any atom is 0.307 e. The number of carboxylic acids is 1. The number of hydrogen-bond acceptors (Lipinski definition) is 4. The summed E-state index contributed by atoms with van der Waals surface area (Å²) in [5.74, 6) is 0.366. The van der Waals surface area contributed by atoms with Gasteiger partial charge in [-0.1, -0.05) is 17.7 Å². The Bertz CT molecular complexity index is 897. The van der Waals surface area contributed by atoms with Crippen molar-refractivity contribution in [3.8, 4) is 5.75 Å². The first-order valence-corrected chi connectivity index (χ1v) is 11.8. The quantitative estimate of drug-likeness (QED) is 0.478. The van der Waals surface area contributed by atoms with E-state index in [-0.39, 0.29) is 18.2 Å². The Kier molecular flexibility index (Phi) is 9.44. The molecule has 1 fully saturated rings. The minimum absolute atomic E-state index is 0.0222. The number of nitrogens with zero attached hydrogens (tertiary/aromatic N) is 1. The van der Waals surface area contributed by atoms with E-state index in [1.54, 1.807) is 24.9 Å². The molecule has 1 aromatic rings. The Morgan fingerprint density at radius 2 is 1.97 bits per heavy atom. The number of carbonyl (C=O) groups excluding carboxylic acids is 1. The largest absolute Gasteiger partial charge is 0.496 e. The van der Waals surface area contributed by atoms with Gasteiger partial charge in [-0.05, 0) is 75.3 Å². The van der Waals surface area contributed by atoms with E-state index in [0.29, 0.717) is 12.3 Å². The molecular weight excluding hydrogens is 410 g/mol. The Morgan fingerprint density at radius 1 is 1.26 bits per heavy atom. The van der Waals surface area contributed by atoms with Gasteiger partial charge in [0.1, 0.15) is 5.75 Å². The van der Waals surface area contributed by atoms with Gasteiger partial charge in [-0.2, -0.15) is 0 Å². The van der Waals surface area contributed by atoms with Gasteiger partial charge >= 0.3 is 5.97 Å². The molecular formula is C25H33NO4S. The third kappa shape index (κ3) is 7.62. The molecule has 0 radical (unpaired) electrons. The molecule has 1 aromatic carbocycles. The van der Waals surface area contributed by atoms with Crippen LogP contribution in [0.15, 0.2) is 46.9 Å². The zero-order chi connectivity index (χ0) is 23.0. The third-order valence-electron chi connectivity index (χ3n) is 5.23. The zero-order valence-electron chi connectivity index (χ0n) is 19.1. The Labute approximate surface area is 189 Å². The van der Waals surface area contributed by atoms with E-state index in [0.717, 1.165) is 46.6 Å². The van der Waals surface area contributed by atoms with Crippen molar-refractivity contribution in [1.82, 2.24) is 4.90 Å². The smallest absolute Gasteiger partial charge is 0.307 e. The number of hydrogen-bond donors (Lipinski definition) is 1. The summed E-state index contributed by atoms with van der Waals surface area (Å²) in [6.07, 6.45) is 10.2. The molecule has 1 N–H and O–H groups in total. The maximum atomic E-state index is 12.4. The molecule has 1 saturated carbocycles. The molecule has 0 aliphatic heterocycles. The molecule has 1 aliphatic carbocycles. The molecule has 1 amide bonds. The van der Waals surface area contributed by atoms with Gasteiger partial charge in [-0.25, -0.2) is 0 Å². The number of benzene rings is 1. The number of aliphatic carboxylic acids is 1. The van der Waals surface area contributed by atoms with Crippen molar-refractivity contribution in [2.45, 2.75) is 40.0 Å². The molecule has 2 rings (SSSR count). The van der Waals surface area contributed by atoms with Crippen LogP contribution in [0, 0.1) is 5.92 Å². The normalized spacial score (nSPS) is 15.1. The fraction of sp³-hybridized carbons (Fsp3) is 0.440. The Balaban J connectivity index is 2.20. The van der Waals surface area contributed by atoms with E-state index in [1.807, 2.05) is 49.3 Å². The van der Waals surface area contributed by atoms with Crippen molar-refractivity contribution >= 4 is 29.2 Å². The van der Waals surface area contributed by atoms with Gasteiger partial charge < -0.3 is 14.7 Å². The second-order valence-electron chi connectivity index (χ2n) is 7.85. The first-order chi connectivity index (χ1) is 14.8. The molecule has 0 bridgehead atoms. The Hall–Kier alpha value is -2.47. The number of carbonyl (C=O) groups is 2. The summed E-state index contributed by atoms with van der Waals surface area (Å²) in [4.78, 5) is 26.4. The molecule has 168 valence electrons. The van der Waals surface area contributed by atoms with Gasteiger partial charge in [0, 0.05) is 29.5 Å². The fourth-order valence-corrected chi connectivity index (χ4v) is 3.87. The van der Waals surface area contributed by atoms with Crippen LogP contribution in [0.25, 0.3) is 5.57 Å². The van der Waals surface area contributed by atoms with Gasteiger partial charge in [-0.15, -0.1) is 11.8 Å². The molecule has 0 aromatic heterocycles. The topological polar surface area (TPSA) is 66.8 Å². The second-order valence-corrected chi connectivity index (χ2v) is 8.73. The number of ether oxygens (including phenoxy) is 1. The number of thioether (sulfide) groups is 1. The van der Waals surface area contributed by atoms with E-state index < -0.39 is 5.97 Å². The van der Waals surface area contributed by atoms with Crippen molar-refractivity contribution in [3.05, 3.63) is 58.0 Å². The lowest BCUT2D eigenvalue weighted by atomic mass is 10.0. The highest BCUT2D eigenvalue weighted by Gasteiger charge is 2.32. The van der Waals surface area contributed by atoms with E-state index in [4.69, 9.17) is 9.84 Å². The number of amides is 1. The number of rotatable bonds is 11. The maximum absolute atomic E-state index is 12.4. The van der Waals surface area contributed by atoms with Crippen LogP contribution < -0.4 is 4.74 Å². The van der Waals surface area contributed by atoms with Gasteiger partial charge in [-0.3, -0.25) is 9.59 Å². The highest BCUT2D eigenvalue weighted by atomic mass is 32.2. The molecule has 0 atom stereocenters. The van der Waals surface area contributed by atoms with Crippen molar-refractivity contribution < 1.29 is 19.4 Å². The van der Waals surface area contributed by atoms with E-state index in [9.17, 15) is 9.59 Å². The van der Waals surface area contributed by atoms with Crippen molar-refractivity contribution in [2.75, 3.05) is 26.5 Å². The van der Waals surface area contributed by atoms with Crippen molar-refractivity contribution in [2.24, 2.45) is 5.92 Å². The van der Waals surface area contributed by atoms with E-state index >= 15 is 0 Å². The Morgan fingerprint density at radius 3 is 2.52 bits per heavy atom. The summed E-state index contributed by atoms with van der Waals surface area (Å²) in [5.41, 5.74) is 3.75. The zero-order valence-corrected chi connectivity index (χ0v) is 19.9. The van der Waals surface area contributed by atoms with E-state index in [2.05, 4.69) is 13.0 Å². The molecule has 6 heteroatoms. The fourth-order valence-electron chi connectivity index (χ4n) is 3.34. The molecule has 0 unspecified atom stereocenters. The standard InChI is InChI=1S/C25H33NO4S/c1-6-26(25(29)20-9-10-20)16-17(2)13-21(31-5)11-7-18(3)22-14-19(15-24(27)28)8-12-23(22)30-4/h7-8,11-14,20H,6,9-10,15-16H2,1-5H3,(H,27,28)/b17-13+,18-7+,21-11+. The summed E-state index contributed by atoms with van der Waals surface area (Å²) in [5, 5.41) is 9.07. The third-order valence-corrected chi connectivity index (χ3v) is 5.95. The van der Waals surface area contributed by atoms with Crippen molar-refractivity contribution in [3.63, 3.8) is 0 Å². The second kappa shape index (κ2) is 11.8. The number of allylic oxidation sites excluding steroid dienone is 4. The first-order valence-electron chi connectivity index (χ1n) is 10.6. The SMILES string of the molecule is CCN(C/C(C)=C/C(=C\C=C(/C)c1cc(CC(=O)O)ccc1OC)SC)C(=O)C1CC1. The van der Waals surface area contributed by atoms with Gasteiger partial charge in [0.2, 0.25) is 5.91 Å². The highest BCUT2D eigenvalue weighted by molar-refractivity contribution is 8.02. The van der Waals surface area contributed by atoms with Crippen LogP contribution in [0.4, 0.5) is 0 Å². The van der Waals surface area contributed by atoms with Gasteiger partial charge in [0.25, 0.3) is 0 Å². The number of carboxylic acid groups (broad SMARTS) is 1. The minimum atomic E-state index is -0.857. The van der Waals surface area contributed by atoms with Gasteiger partial charge in [0.05, 0.1) is 13.5 Å². The molecule has 31 heavy (non-hydrogen) atoms. The lowest BCUT2D eigenvalue weighted by Crippen LogP contribution is -2.33. The summed E-state index contributed by atoms with van der Waals surface area (Å²) in [6, 6.07) is 5.46.